The van der Waals surface area contributed by atoms with Gasteiger partial charge in [0.25, 0.3) is 0 Å². The van der Waals surface area contributed by atoms with Crippen LogP contribution in [-0.2, 0) is 21.2 Å². The minimum atomic E-state index is -4.00. The van der Waals surface area contributed by atoms with Crippen LogP contribution in [0.2, 0.25) is 0 Å². The summed E-state index contributed by atoms with van der Waals surface area (Å²) in [6.45, 7) is 0. The Morgan fingerprint density at radius 1 is 1.02 bits per heavy atom. The molecule has 0 radical (unpaired) electrons. The number of hydrogen-bond donors (Lipinski definition) is 5. The van der Waals surface area contributed by atoms with Gasteiger partial charge in [0.15, 0.2) is 0 Å². The van der Waals surface area contributed by atoms with Gasteiger partial charge in [-0.15, -0.1) is 11.3 Å². The van der Waals surface area contributed by atoms with E-state index in [1.807, 2.05) is 30.3 Å². The van der Waals surface area contributed by atoms with E-state index in [-0.39, 0.29) is 28.6 Å². The molecule has 5 rings (SSSR count). The van der Waals surface area contributed by atoms with Crippen molar-refractivity contribution < 1.29 is 13.2 Å². The second kappa shape index (κ2) is 11.8. The number of para-hydroxylation sites is 1. The van der Waals surface area contributed by atoms with Crippen molar-refractivity contribution in [1.29, 1.82) is 5.41 Å². The predicted octanol–water partition coefficient (Wildman–Crippen LogP) is 4.30. The Morgan fingerprint density at radius 3 is 2.52 bits per heavy atom. The lowest BCUT2D eigenvalue weighted by Gasteiger charge is -2.25. The van der Waals surface area contributed by atoms with Gasteiger partial charge in [0.05, 0.1) is 21.2 Å². The Bertz CT molecular complexity index is 1610. The van der Waals surface area contributed by atoms with E-state index in [0.29, 0.717) is 22.7 Å². The summed E-state index contributed by atoms with van der Waals surface area (Å²) in [6.07, 6.45) is 3.36. The summed E-state index contributed by atoms with van der Waals surface area (Å²) in [7, 11) is -4.00. The lowest BCUT2D eigenvalue weighted by atomic mass is 9.86. The highest BCUT2D eigenvalue weighted by atomic mass is 32.2. The van der Waals surface area contributed by atoms with Gasteiger partial charge in [0.1, 0.15) is 10.8 Å². The minimum Gasteiger partial charge on any atom is -0.384 e. The zero-order valence-corrected chi connectivity index (χ0v) is 23.5. The summed E-state index contributed by atoms with van der Waals surface area (Å²) >= 11 is 1.43. The number of amidine groups is 1. The number of rotatable bonds is 9. The van der Waals surface area contributed by atoms with Gasteiger partial charge in [0.2, 0.25) is 15.9 Å². The van der Waals surface area contributed by atoms with Crippen LogP contribution in [0.3, 0.4) is 0 Å². The molecule has 1 heterocycles. The van der Waals surface area contributed by atoms with Crippen molar-refractivity contribution >= 4 is 49.0 Å². The molecule has 208 valence electrons. The van der Waals surface area contributed by atoms with Crippen LogP contribution in [0.15, 0.2) is 77.7 Å². The topological polar surface area (TPSA) is 164 Å². The third-order valence-corrected chi connectivity index (χ3v) is 9.76. The number of sulfonamides is 1. The van der Waals surface area contributed by atoms with Crippen LogP contribution in [0.1, 0.15) is 47.9 Å². The Kier molecular flexibility index (Phi) is 8.27. The summed E-state index contributed by atoms with van der Waals surface area (Å²) in [5, 5.41) is 11.3. The van der Waals surface area contributed by atoms with Crippen LogP contribution >= 0.6 is 11.3 Å². The average Bonchev–Trinajstić information content (AvgIpc) is 3.38. The highest BCUT2D eigenvalue weighted by Crippen LogP contribution is 2.30. The molecule has 4 aromatic rings. The van der Waals surface area contributed by atoms with E-state index >= 15 is 0 Å². The highest BCUT2D eigenvalue weighted by molar-refractivity contribution is 7.89. The number of carbonyl (C=O) groups excluding carboxylic acids is 1. The molecule has 0 aliphatic heterocycles. The molecule has 40 heavy (non-hydrogen) atoms. The van der Waals surface area contributed by atoms with E-state index in [1.54, 1.807) is 30.3 Å². The van der Waals surface area contributed by atoms with Gasteiger partial charge < -0.3 is 16.8 Å². The van der Waals surface area contributed by atoms with Crippen LogP contribution in [0.25, 0.3) is 10.2 Å². The molecule has 1 aliphatic carbocycles. The van der Waals surface area contributed by atoms with E-state index in [0.717, 1.165) is 41.5 Å². The van der Waals surface area contributed by atoms with Crippen molar-refractivity contribution in [3.8, 4) is 0 Å². The molecule has 1 atom stereocenters. The standard InChI is InChI=1S/C29H32N6O3S2/c30-21-13-11-19(12-14-21)28(36)33-22-7-4-8-23(17-22)40(37,38)35-25(16-18-5-3-6-20(15-18)27(31)32)29-34-24-9-1-2-10-26(24)39-29/h1-10,15,17,19,21,25,35H,11-14,16,30H2,(H3,31,32)(H,33,36)/t19?,21?,25-/m0/s1. The first-order valence-electron chi connectivity index (χ1n) is 13.2. The van der Waals surface area contributed by atoms with Crippen molar-refractivity contribution in [3.05, 3.63) is 88.9 Å². The maximum atomic E-state index is 13.7. The first kappa shape index (κ1) is 27.9. The van der Waals surface area contributed by atoms with Gasteiger partial charge in [0, 0.05) is 23.2 Å². The molecule has 0 saturated heterocycles. The lowest BCUT2D eigenvalue weighted by Crippen LogP contribution is -2.32. The molecule has 1 aromatic heterocycles. The van der Waals surface area contributed by atoms with Crippen molar-refractivity contribution in [2.24, 2.45) is 17.4 Å². The number of nitrogens with one attached hydrogen (secondary N) is 3. The molecule has 3 aromatic carbocycles. The number of carbonyl (C=O) groups is 1. The zero-order valence-electron chi connectivity index (χ0n) is 21.8. The van der Waals surface area contributed by atoms with Crippen LogP contribution < -0.4 is 21.5 Å². The van der Waals surface area contributed by atoms with Crippen LogP contribution in [0.5, 0.6) is 0 Å². The number of hydrogen-bond acceptors (Lipinski definition) is 7. The quantitative estimate of drug-likeness (QED) is 0.147. The van der Waals surface area contributed by atoms with E-state index in [2.05, 4.69) is 10.0 Å². The average molecular weight is 577 g/mol. The Hall–Kier alpha value is -3.64. The van der Waals surface area contributed by atoms with Crippen molar-refractivity contribution in [1.82, 2.24) is 9.71 Å². The van der Waals surface area contributed by atoms with Crippen molar-refractivity contribution in [3.63, 3.8) is 0 Å². The maximum Gasteiger partial charge on any atom is 0.241 e. The third-order valence-electron chi connectivity index (χ3n) is 7.14. The number of nitrogens with two attached hydrogens (primary N) is 2. The second-order valence-electron chi connectivity index (χ2n) is 10.1. The Morgan fingerprint density at radius 2 is 1.77 bits per heavy atom. The monoisotopic (exact) mass is 576 g/mol. The molecular weight excluding hydrogens is 544 g/mol. The number of thiazole rings is 1. The summed E-state index contributed by atoms with van der Waals surface area (Å²) in [5.74, 6) is -0.312. The van der Waals surface area contributed by atoms with Crippen LogP contribution in [0.4, 0.5) is 5.69 Å². The molecule has 1 saturated carbocycles. The van der Waals surface area contributed by atoms with Gasteiger partial charge >= 0.3 is 0 Å². The molecule has 1 fully saturated rings. The molecule has 9 nitrogen and oxygen atoms in total. The van der Waals surface area contributed by atoms with Gasteiger partial charge in [-0.1, -0.05) is 36.4 Å². The van der Waals surface area contributed by atoms with Gasteiger partial charge in [-0.05, 0) is 74.1 Å². The first-order valence-corrected chi connectivity index (χ1v) is 15.5. The summed E-state index contributed by atoms with van der Waals surface area (Å²) in [4.78, 5) is 17.6. The zero-order chi connectivity index (χ0) is 28.3. The smallest absolute Gasteiger partial charge is 0.241 e. The van der Waals surface area contributed by atoms with Crippen molar-refractivity contribution in [2.45, 2.75) is 49.1 Å². The maximum absolute atomic E-state index is 13.7. The van der Waals surface area contributed by atoms with Gasteiger partial charge in [-0.25, -0.2) is 18.1 Å². The molecular formula is C29H32N6O3S2. The number of anilines is 1. The number of aromatic nitrogens is 1. The molecule has 0 spiro atoms. The summed E-state index contributed by atoms with van der Waals surface area (Å²) < 4.78 is 31.1. The van der Waals surface area contributed by atoms with E-state index in [4.69, 9.17) is 21.9 Å². The summed E-state index contributed by atoms with van der Waals surface area (Å²) in [5.41, 5.74) is 14.2. The minimum absolute atomic E-state index is 0.0413. The number of amides is 1. The van der Waals surface area contributed by atoms with Crippen LogP contribution in [0, 0.1) is 11.3 Å². The molecule has 7 N–H and O–H groups in total. The van der Waals surface area contributed by atoms with E-state index < -0.39 is 16.1 Å². The van der Waals surface area contributed by atoms with Gasteiger partial charge in [-0.2, -0.15) is 0 Å². The molecule has 1 amide bonds. The highest BCUT2D eigenvalue weighted by Gasteiger charge is 2.27. The number of fused-ring (bicyclic) bond motifs is 1. The molecule has 0 bridgehead atoms. The van der Waals surface area contributed by atoms with E-state index in [1.165, 1.54) is 23.5 Å². The summed E-state index contributed by atoms with van der Waals surface area (Å²) in [6, 6.07) is 20.6. The molecule has 0 unspecified atom stereocenters. The third kappa shape index (κ3) is 6.56. The normalized spacial score (nSPS) is 18.3. The second-order valence-corrected chi connectivity index (χ2v) is 12.9. The largest absolute Gasteiger partial charge is 0.384 e. The number of nitrogens with zero attached hydrogens (tertiary/aromatic N) is 1. The van der Waals surface area contributed by atoms with Crippen molar-refractivity contribution in [2.75, 3.05) is 5.32 Å². The number of benzene rings is 3. The fourth-order valence-corrected chi connectivity index (χ4v) is 7.28. The Labute approximate surface area is 237 Å². The predicted molar refractivity (Wildman–Crippen MR) is 159 cm³/mol. The molecule has 1 aliphatic rings. The SMILES string of the molecule is N=C(N)c1cccc(C[C@H](NS(=O)(=O)c2cccc(NC(=O)C3CCC(N)CC3)c2)c2nc3ccccc3s2)c1. The van der Waals surface area contributed by atoms with E-state index in [9.17, 15) is 13.2 Å². The van der Waals surface area contributed by atoms with Crippen LogP contribution in [-0.4, -0.2) is 31.2 Å². The first-order chi connectivity index (χ1) is 19.2. The lowest BCUT2D eigenvalue weighted by molar-refractivity contribution is -0.120. The fraction of sp³-hybridized carbons (Fsp3) is 0.276. The van der Waals surface area contributed by atoms with Gasteiger partial charge in [-0.3, -0.25) is 10.2 Å². The molecule has 11 heteroatoms. The Balaban J connectivity index is 1.40. The number of nitrogen functional groups attached to an aromatic ring is 1. The fourth-order valence-electron chi connectivity index (χ4n) is 4.94.